The second-order valence-electron chi connectivity index (χ2n) is 13.4. The van der Waals surface area contributed by atoms with Crippen molar-refractivity contribution >= 4 is 21.8 Å². The van der Waals surface area contributed by atoms with Crippen LogP contribution in [0.2, 0.25) is 0 Å². The Morgan fingerprint density at radius 3 is 1.65 bits per heavy atom. The van der Waals surface area contributed by atoms with Crippen molar-refractivity contribution in [2.24, 2.45) is 0 Å². The van der Waals surface area contributed by atoms with Gasteiger partial charge >= 0.3 is 6.18 Å². The smallest absolute Gasteiger partial charge is 0.308 e. The molecule has 0 unspecified atom stereocenters. The van der Waals surface area contributed by atoms with E-state index in [0.29, 0.717) is 51.0 Å². The second kappa shape index (κ2) is 14.1. The molecule has 9 aromatic rings. The highest BCUT2D eigenvalue weighted by molar-refractivity contribution is 6.11. The Labute approximate surface area is 325 Å². The number of para-hydroxylation sites is 1. The summed E-state index contributed by atoms with van der Waals surface area (Å²) in [5.41, 5.74) is 5.95. The van der Waals surface area contributed by atoms with E-state index in [1.807, 2.05) is 108 Å². The molecular weight excluding hydrogens is 718 g/mol. The van der Waals surface area contributed by atoms with Gasteiger partial charge in [-0.15, -0.1) is 0 Å². The van der Waals surface area contributed by atoms with E-state index in [1.165, 1.54) is 18.2 Å². The van der Waals surface area contributed by atoms with Crippen molar-refractivity contribution in [1.29, 1.82) is 10.5 Å². The Morgan fingerprint density at radius 1 is 0.439 bits per heavy atom. The predicted octanol–water partition coefficient (Wildman–Crippen LogP) is 12.1. The summed E-state index contributed by atoms with van der Waals surface area (Å²) in [6.07, 6.45) is -4.60. The number of aromatic nitrogens is 4. The average Bonchev–Trinajstić information content (AvgIpc) is 3.59. The van der Waals surface area contributed by atoms with E-state index in [9.17, 15) is 23.7 Å². The normalized spacial score (nSPS) is 11.4. The standard InChI is InChI=1S/C48H27F3N6/c49-48(50,51)41-17-9-7-15-37(41)35-20-22-40(47-55-45(32-11-3-1-4-12-32)54-46(56-47)33-13-5-2-6-14-33)44(27-35)57-42-18-10-8-16-38(42)39-21-19-34(26-43(39)57)36-24-30(28-52)23-31(25-36)29-53/h1-27H. The molecule has 2 aromatic heterocycles. The van der Waals surface area contributed by atoms with Gasteiger partial charge in [-0.2, -0.15) is 23.7 Å². The van der Waals surface area contributed by atoms with Crippen molar-refractivity contribution in [3.63, 3.8) is 0 Å². The van der Waals surface area contributed by atoms with Gasteiger partial charge in [-0.25, -0.2) is 15.0 Å². The highest BCUT2D eigenvalue weighted by Crippen LogP contribution is 2.42. The Hall–Kier alpha value is -7.88. The van der Waals surface area contributed by atoms with Crippen LogP contribution in [0.1, 0.15) is 16.7 Å². The van der Waals surface area contributed by atoms with Gasteiger partial charge in [0.15, 0.2) is 17.5 Å². The van der Waals surface area contributed by atoms with Crippen molar-refractivity contribution in [1.82, 2.24) is 19.5 Å². The van der Waals surface area contributed by atoms with E-state index in [-0.39, 0.29) is 5.56 Å². The fourth-order valence-electron chi connectivity index (χ4n) is 7.32. The summed E-state index contributed by atoms with van der Waals surface area (Å²) in [5, 5.41) is 21.3. The van der Waals surface area contributed by atoms with Crippen LogP contribution in [0.3, 0.4) is 0 Å². The van der Waals surface area contributed by atoms with E-state index in [0.717, 1.165) is 44.6 Å². The van der Waals surface area contributed by atoms with Gasteiger partial charge in [-0.1, -0.05) is 115 Å². The van der Waals surface area contributed by atoms with E-state index < -0.39 is 11.7 Å². The van der Waals surface area contributed by atoms with Gasteiger partial charge in [-0.3, -0.25) is 0 Å². The Bertz CT molecular complexity index is 2990. The maximum absolute atomic E-state index is 14.5. The number of halogens is 3. The predicted molar refractivity (Wildman–Crippen MR) is 216 cm³/mol. The summed E-state index contributed by atoms with van der Waals surface area (Å²) in [6, 6.07) is 52.9. The largest absolute Gasteiger partial charge is 0.417 e. The molecule has 7 aromatic carbocycles. The highest BCUT2D eigenvalue weighted by atomic mass is 19.4. The molecule has 0 fully saturated rings. The molecule has 0 N–H and O–H groups in total. The first-order valence-corrected chi connectivity index (χ1v) is 18.0. The molecule has 270 valence electrons. The third kappa shape index (κ3) is 6.43. The summed E-state index contributed by atoms with van der Waals surface area (Å²) in [5.74, 6) is 1.20. The van der Waals surface area contributed by atoms with E-state index in [2.05, 4.69) is 12.1 Å². The number of hydrogen-bond acceptors (Lipinski definition) is 5. The number of nitrogens with zero attached hydrogens (tertiary/aromatic N) is 6. The van der Waals surface area contributed by atoms with E-state index in [4.69, 9.17) is 15.0 Å². The van der Waals surface area contributed by atoms with Gasteiger partial charge in [0.25, 0.3) is 0 Å². The Morgan fingerprint density at radius 2 is 1.00 bits per heavy atom. The first-order chi connectivity index (χ1) is 27.8. The summed E-state index contributed by atoms with van der Waals surface area (Å²) in [7, 11) is 0. The lowest BCUT2D eigenvalue weighted by atomic mass is 9.96. The number of rotatable bonds is 6. The van der Waals surface area contributed by atoms with Crippen LogP contribution in [0.4, 0.5) is 13.2 Å². The fourth-order valence-corrected chi connectivity index (χ4v) is 7.32. The molecule has 0 spiro atoms. The number of alkyl halides is 3. The van der Waals surface area contributed by atoms with Gasteiger partial charge in [0.05, 0.1) is 45.5 Å². The Kier molecular flexibility index (Phi) is 8.61. The number of nitriles is 2. The number of fused-ring (bicyclic) bond motifs is 3. The summed E-state index contributed by atoms with van der Waals surface area (Å²) in [6.45, 7) is 0. The molecule has 9 heteroatoms. The molecule has 0 atom stereocenters. The van der Waals surface area contributed by atoms with Crippen LogP contribution in [-0.4, -0.2) is 19.5 Å². The molecule has 0 aliphatic rings. The molecule has 6 nitrogen and oxygen atoms in total. The quantitative estimate of drug-likeness (QED) is 0.169. The van der Waals surface area contributed by atoms with Crippen LogP contribution in [0, 0.1) is 22.7 Å². The maximum Gasteiger partial charge on any atom is 0.417 e. The fraction of sp³-hybridized carbons (Fsp3) is 0.0208. The molecule has 9 rings (SSSR count). The van der Waals surface area contributed by atoms with Gasteiger partial charge < -0.3 is 4.57 Å². The first-order valence-electron chi connectivity index (χ1n) is 18.0. The van der Waals surface area contributed by atoms with Crippen molar-refractivity contribution in [3.8, 4) is 74.2 Å². The lowest BCUT2D eigenvalue weighted by molar-refractivity contribution is -0.137. The average molecular weight is 745 g/mol. The third-order valence-corrected chi connectivity index (χ3v) is 9.92. The minimum atomic E-state index is -4.60. The zero-order chi connectivity index (χ0) is 39.1. The molecule has 0 bridgehead atoms. The second-order valence-corrected chi connectivity index (χ2v) is 13.4. The molecule has 0 amide bonds. The Balaban J connectivity index is 1.38. The SMILES string of the molecule is N#Cc1cc(C#N)cc(-c2ccc3c4ccccc4n(-c4cc(-c5ccccc5C(F)(F)F)ccc4-c4nc(-c5ccccc5)nc(-c5ccccc5)n4)c3c2)c1. The van der Waals surface area contributed by atoms with Crippen LogP contribution in [-0.2, 0) is 6.18 Å². The van der Waals surface area contributed by atoms with Crippen LogP contribution in [0.15, 0.2) is 164 Å². The molecule has 57 heavy (non-hydrogen) atoms. The number of hydrogen-bond donors (Lipinski definition) is 0. The summed E-state index contributed by atoms with van der Waals surface area (Å²) >= 11 is 0. The summed E-state index contributed by atoms with van der Waals surface area (Å²) in [4.78, 5) is 14.9. The van der Waals surface area contributed by atoms with Gasteiger partial charge in [0, 0.05) is 27.5 Å². The van der Waals surface area contributed by atoms with Gasteiger partial charge in [0.1, 0.15) is 0 Å². The van der Waals surface area contributed by atoms with Crippen LogP contribution in [0.25, 0.3) is 83.9 Å². The minimum absolute atomic E-state index is 0.0298. The zero-order valence-corrected chi connectivity index (χ0v) is 29.9. The van der Waals surface area contributed by atoms with E-state index >= 15 is 0 Å². The van der Waals surface area contributed by atoms with Gasteiger partial charge in [0.2, 0.25) is 0 Å². The lowest BCUT2D eigenvalue weighted by Crippen LogP contribution is -2.07. The van der Waals surface area contributed by atoms with Crippen LogP contribution < -0.4 is 0 Å². The first kappa shape index (κ1) is 34.9. The van der Waals surface area contributed by atoms with E-state index in [1.54, 1.807) is 36.4 Å². The van der Waals surface area contributed by atoms with Gasteiger partial charge in [-0.05, 0) is 70.8 Å². The monoisotopic (exact) mass is 744 g/mol. The molecule has 0 saturated heterocycles. The highest BCUT2D eigenvalue weighted by Gasteiger charge is 2.33. The third-order valence-electron chi connectivity index (χ3n) is 9.92. The maximum atomic E-state index is 14.5. The zero-order valence-electron chi connectivity index (χ0n) is 29.9. The minimum Gasteiger partial charge on any atom is -0.308 e. The molecule has 0 saturated carbocycles. The molecular formula is C48H27F3N6. The van der Waals surface area contributed by atoms with Crippen LogP contribution in [0.5, 0.6) is 0 Å². The van der Waals surface area contributed by atoms with Crippen molar-refractivity contribution in [2.75, 3.05) is 0 Å². The van der Waals surface area contributed by atoms with Crippen LogP contribution >= 0.6 is 0 Å². The molecule has 0 aliphatic heterocycles. The topological polar surface area (TPSA) is 91.2 Å². The lowest BCUT2D eigenvalue weighted by Gasteiger charge is -2.18. The molecule has 2 heterocycles. The summed E-state index contributed by atoms with van der Waals surface area (Å²) < 4.78 is 45.6. The number of benzene rings is 7. The van der Waals surface area contributed by atoms with Crippen molar-refractivity contribution in [2.45, 2.75) is 6.18 Å². The molecule has 0 aliphatic carbocycles. The molecule has 0 radical (unpaired) electrons. The van der Waals surface area contributed by atoms with Crippen molar-refractivity contribution in [3.05, 3.63) is 180 Å². The van der Waals surface area contributed by atoms with Crippen molar-refractivity contribution < 1.29 is 13.2 Å².